The highest BCUT2D eigenvalue weighted by Crippen LogP contribution is 2.33. The van der Waals surface area contributed by atoms with Crippen LogP contribution in [0.2, 0.25) is 0 Å². The number of carbonyl (C=O) groups is 2. The van der Waals surface area contributed by atoms with Gasteiger partial charge in [-0.25, -0.2) is 4.98 Å². The lowest BCUT2D eigenvalue weighted by atomic mass is 9.79. The molecule has 0 fully saturated rings. The molecule has 7 heteroatoms. The van der Waals surface area contributed by atoms with Gasteiger partial charge in [0.05, 0.1) is 5.69 Å². The summed E-state index contributed by atoms with van der Waals surface area (Å²) in [7, 11) is 0. The fourth-order valence-electron chi connectivity index (χ4n) is 3.92. The van der Waals surface area contributed by atoms with Gasteiger partial charge in [0.15, 0.2) is 5.13 Å². The summed E-state index contributed by atoms with van der Waals surface area (Å²) in [6.07, 6.45) is 4.72. The van der Waals surface area contributed by atoms with Crippen molar-refractivity contribution in [3.05, 3.63) is 10.6 Å². The third-order valence-electron chi connectivity index (χ3n) is 4.86. The first-order valence-electron chi connectivity index (χ1n) is 9.84. The Morgan fingerprint density at radius 2 is 1.96 bits per heavy atom. The van der Waals surface area contributed by atoms with Crippen LogP contribution in [0.3, 0.4) is 0 Å². The molecule has 0 saturated carbocycles. The Balaban J connectivity index is 2.00. The van der Waals surface area contributed by atoms with E-state index in [1.807, 2.05) is 27.7 Å². The lowest BCUT2D eigenvalue weighted by molar-refractivity contribution is -0.127. The topological polar surface area (TPSA) is 83.1 Å². The van der Waals surface area contributed by atoms with Gasteiger partial charge in [-0.15, -0.1) is 11.3 Å². The molecule has 6 nitrogen and oxygen atoms in total. The number of aryl methyl sites for hydroxylation is 1. The fraction of sp³-hybridized carbons (Fsp3) is 0.750. The highest BCUT2D eigenvalue weighted by molar-refractivity contribution is 7.15. The number of amides is 2. The zero-order valence-corrected chi connectivity index (χ0v) is 18.3. The second-order valence-electron chi connectivity index (χ2n) is 8.86. The first kappa shape index (κ1) is 21.8. The van der Waals surface area contributed by atoms with Crippen LogP contribution in [-0.4, -0.2) is 34.9 Å². The molecule has 1 aliphatic carbocycles. The molecular weight excluding hydrogens is 360 g/mol. The van der Waals surface area contributed by atoms with Crippen molar-refractivity contribution in [1.82, 2.24) is 15.6 Å². The number of hydrogen-bond donors (Lipinski definition) is 3. The summed E-state index contributed by atoms with van der Waals surface area (Å²) in [6.45, 7) is 12.4. The van der Waals surface area contributed by atoms with Crippen LogP contribution in [0.5, 0.6) is 0 Å². The Bertz CT molecular complexity index is 682. The van der Waals surface area contributed by atoms with Gasteiger partial charge in [-0.1, -0.05) is 20.8 Å². The van der Waals surface area contributed by atoms with Crippen LogP contribution in [0.25, 0.3) is 0 Å². The van der Waals surface area contributed by atoms with E-state index in [-0.39, 0.29) is 11.8 Å². The predicted molar refractivity (Wildman–Crippen MR) is 111 cm³/mol. The smallest absolute Gasteiger partial charge is 0.231 e. The van der Waals surface area contributed by atoms with Gasteiger partial charge in [0.1, 0.15) is 0 Å². The minimum Gasteiger partial charge on any atom is -0.351 e. The Morgan fingerprint density at radius 3 is 2.59 bits per heavy atom. The minimum absolute atomic E-state index is 0.0623. The summed E-state index contributed by atoms with van der Waals surface area (Å²) in [5.41, 5.74) is 0.0530. The average Bonchev–Trinajstić information content (AvgIpc) is 2.91. The van der Waals surface area contributed by atoms with E-state index >= 15 is 0 Å². The Morgan fingerprint density at radius 1 is 1.26 bits per heavy atom. The SMILES string of the molecule is CCCNC1CCc2nc(NC(=O)C(C)(C)CC(C)(C)NC(C)=O)sc2C1. The maximum Gasteiger partial charge on any atom is 0.231 e. The predicted octanol–water partition coefficient (Wildman–Crippen LogP) is 3.27. The van der Waals surface area contributed by atoms with Crippen LogP contribution in [-0.2, 0) is 22.4 Å². The highest BCUT2D eigenvalue weighted by atomic mass is 32.1. The molecule has 1 heterocycles. The largest absolute Gasteiger partial charge is 0.351 e. The summed E-state index contributed by atoms with van der Waals surface area (Å²) in [5.74, 6) is -0.150. The maximum atomic E-state index is 12.8. The molecule has 0 saturated heterocycles. The van der Waals surface area contributed by atoms with Crippen molar-refractivity contribution in [1.29, 1.82) is 0 Å². The number of aromatic nitrogens is 1. The molecule has 1 aliphatic rings. The summed E-state index contributed by atoms with van der Waals surface area (Å²) < 4.78 is 0. The van der Waals surface area contributed by atoms with Crippen LogP contribution in [0.1, 0.15) is 71.4 Å². The van der Waals surface area contributed by atoms with E-state index in [1.165, 1.54) is 11.8 Å². The summed E-state index contributed by atoms with van der Waals surface area (Å²) in [5, 5.41) is 10.2. The second kappa shape index (κ2) is 8.69. The van der Waals surface area contributed by atoms with E-state index in [1.54, 1.807) is 11.3 Å². The van der Waals surface area contributed by atoms with Gasteiger partial charge in [-0.05, 0) is 52.5 Å². The first-order valence-corrected chi connectivity index (χ1v) is 10.7. The molecule has 27 heavy (non-hydrogen) atoms. The number of hydrogen-bond acceptors (Lipinski definition) is 5. The molecular formula is C20H34N4O2S. The van der Waals surface area contributed by atoms with Crippen molar-refractivity contribution in [3.63, 3.8) is 0 Å². The van der Waals surface area contributed by atoms with Crippen molar-refractivity contribution in [2.24, 2.45) is 5.41 Å². The van der Waals surface area contributed by atoms with Gasteiger partial charge in [0.25, 0.3) is 0 Å². The van der Waals surface area contributed by atoms with Gasteiger partial charge in [-0.3, -0.25) is 9.59 Å². The molecule has 0 radical (unpaired) electrons. The molecule has 0 aromatic carbocycles. The van der Waals surface area contributed by atoms with Crippen LogP contribution >= 0.6 is 11.3 Å². The van der Waals surface area contributed by atoms with E-state index in [0.29, 0.717) is 17.6 Å². The average molecular weight is 395 g/mol. The number of rotatable bonds is 8. The van der Waals surface area contributed by atoms with E-state index in [0.717, 1.165) is 37.9 Å². The third-order valence-corrected chi connectivity index (χ3v) is 5.89. The zero-order chi connectivity index (χ0) is 20.2. The number of thiazole rings is 1. The zero-order valence-electron chi connectivity index (χ0n) is 17.5. The summed E-state index contributed by atoms with van der Waals surface area (Å²) >= 11 is 1.59. The first-order chi connectivity index (χ1) is 12.5. The Labute approximate surface area is 166 Å². The third kappa shape index (κ3) is 6.28. The monoisotopic (exact) mass is 394 g/mol. The molecule has 2 amide bonds. The summed E-state index contributed by atoms with van der Waals surface area (Å²) in [6, 6.07) is 0.511. The van der Waals surface area contributed by atoms with Gasteiger partial charge in [-0.2, -0.15) is 0 Å². The quantitative estimate of drug-likeness (QED) is 0.632. The lowest BCUT2D eigenvalue weighted by Gasteiger charge is -2.34. The van der Waals surface area contributed by atoms with Crippen LogP contribution < -0.4 is 16.0 Å². The van der Waals surface area contributed by atoms with Gasteiger partial charge in [0.2, 0.25) is 11.8 Å². The molecule has 2 rings (SSSR count). The number of nitrogens with one attached hydrogen (secondary N) is 3. The fourth-order valence-corrected chi connectivity index (χ4v) is 5.01. The van der Waals surface area contributed by atoms with Crippen molar-refractivity contribution in [3.8, 4) is 0 Å². The molecule has 0 bridgehead atoms. The number of nitrogens with zero attached hydrogens (tertiary/aromatic N) is 1. The van der Waals surface area contributed by atoms with E-state index in [9.17, 15) is 9.59 Å². The van der Waals surface area contributed by atoms with E-state index < -0.39 is 11.0 Å². The number of carbonyl (C=O) groups excluding carboxylic acids is 2. The minimum atomic E-state index is -0.622. The van der Waals surface area contributed by atoms with Gasteiger partial charge >= 0.3 is 0 Å². The van der Waals surface area contributed by atoms with E-state index in [4.69, 9.17) is 0 Å². The normalized spacial score (nSPS) is 17.3. The number of anilines is 1. The Kier molecular flexibility index (Phi) is 7.03. The van der Waals surface area contributed by atoms with Crippen molar-refractivity contribution in [2.45, 2.75) is 85.2 Å². The molecule has 3 N–H and O–H groups in total. The Hall–Kier alpha value is -1.47. The van der Waals surface area contributed by atoms with Crippen molar-refractivity contribution in [2.75, 3.05) is 11.9 Å². The second-order valence-corrected chi connectivity index (χ2v) is 9.95. The molecule has 1 aromatic heterocycles. The van der Waals surface area contributed by atoms with Crippen molar-refractivity contribution < 1.29 is 9.59 Å². The van der Waals surface area contributed by atoms with Crippen LogP contribution in [0.4, 0.5) is 5.13 Å². The molecule has 1 atom stereocenters. The summed E-state index contributed by atoms with van der Waals surface area (Å²) in [4.78, 5) is 30.2. The molecule has 152 valence electrons. The van der Waals surface area contributed by atoms with Crippen LogP contribution in [0, 0.1) is 5.41 Å². The van der Waals surface area contributed by atoms with Gasteiger partial charge in [0, 0.05) is 28.8 Å². The molecule has 0 spiro atoms. The molecule has 1 aromatic rings. The number of fused-ring (bicyclic) bond motifs is 1. The highest BCUT2D eigenvalue weighted by Gasteiger charge is 2.36. The van der Waals surface area contributed by atoms with Gasteiger partial charge < -0.3 is 16.0 Å². The molecule has 0 aliphatic heterocycles. The van der Waals surface area contributed by atoms with E-state index in [2.05, 4.69) is 27.9 Å². The van der Waals surface area contributed by atoms with Crippen LogP contribution in [0.15, 0.2) is 0 Å². The standard InChI is InChI=1S/C20H34N4O2S/c1-7-10-21-14-8-9-15-16(11-14)27-18(22-15)23-17(26)19(3,4)12-20(5,6)24-13(2)25/h14,21H,7-12H2,1-6H3,(H,24,25)(H,22,23,26). The van der Waals surface area contributed by atoms with Crippen molar-refractivity contribution >= 4 is 28.3 Å². The maximum absolute atomic E-state index is 12.8. The lowest BCUT2D eigenvalue weighted by Crippen LogP contribution is -2.47. The molecule has 1 unspecified atom stereocenters.